The van der Waals surface area contributed by atoms with Crippen LogP contribution < -0.4 is 4.90 Å². The van der Waals surface area contributed by atoms with E-state index in [1.165, 1.54) is 87.6 Å². The zero-order chi connectivity index (χ0) is 39.1. The predicted octanol–water partition coefficient (Wildman–Crippen LogP) is 16.4. The Balaban J connectivity index is 1.19. The molecule has 0 aliphatic heterocycles. The second-order valence-corrected chi connectivity index (χ2v) is 15.2. The van der Waals surface area contributed by atoms with Crippen molar-refractivity contribution in [2.45, 2.75) is 0 Å². The summed E-state index contributed by atoms with van der Waals surface area (Å²) in [6.45, 7) is 0. The Labute approximate surface area is 344 Å². The normalized spacial score (nSPS) is 11.4. The highest BCUT2D eigenvalue weighted by atomic mass is 15.1. The van der Waals surface area contributed by atoms with E-state index < -0.39 is 0 Å². The highest BCUT2D eigenvalue weighted by Gasteiger charge is 2.21. The maximum atomic E-state index is 2.44. The van der Waals surface area contributed by atoms with Crippen LogP contribution >= 0.6 is 0 Å². The maximum Gasteiger partial charge on any atom is 0.0468 e. The average Bonchev–Trinajstić information content (AvgIpc) is 3.31. The van der Waals surface area contributed by atoms with Gasteiger partial charge in [0.1, 0.15) is 0 Å². The van der Waals surface area contributed by atoms with Crippen LogP contribution in [0.15, 0.2) is 237 Å². The van der Waals surface area contributed by atoms with Crippen molar-refractivity contribution in [2.24, 2.45) is 0 Å². The van der Waals surface area contributed by atoms with Gasteiger partial charge in [-0.05, 0) is 124 Å². The molecule has 0 aliphatic rings. The Kier molecular flexibility index (Phi) is 8.56. The SMILES string of the molecule is c1ccc(-c2c(-c3ccccc3)c3cc(N(c4cccc(-c5cccc6ccccc56)c4)c4cccc(-c5cccc6ccccc56)c4)ccc3c3ccccc23)cc1. The Morgan fingerprint density at radius 1 is 0.220 bits per heavy atom. The Hall–Kier alpha value is -7.74. The molecule has 0 spiro atoms. The highest BCUT2D eigenvalue weighted by molar-refractivity contribution is 6.22. The molecule has 0 atom stereocenters. The molecule has 0 aromatic heterocycles. The monoisotopic (exact) mass is 749 g/mol. The molecule has 0 N–H and O–H groups in total. The van der Waals surface area contributed by atoms with Gasteiger partial charge in [-0.15, -0.1) is 0 Å². The lowest BCUT2D eigenvalue weighted by molar-refractivity contribution is 1.29. The van der Waals surface area contributed by atoms with E-state index in [9.17, 15) is 0 Å². The van der Waals surface area contributed by atoms with Crippen LogP contribution in [0.1, 0.15) is 0 Å². The molecule has 0 heterocycles. The molecule has 11 aromatic carbocycles. The fourth-order valence-corrected chi connectivity index (χ4v) is 9.15. The average molecular weight is 750 g/mol. The molecule has 0 amide bonds. The third kappa shape index (κ3) is 6.12. The number of hydrogen-bond acceptors (Lipinski definition) is 1. The highest BCUT2D eigenvalue weighted by Crippen LogP contribution is 2.47. The first-order chi connectivity index (χ1) is 29.3. The van der Waals surface area contributed by atoms with Crippen LogP contribution in [0.2, 0.25) is 0 Å². The van der Waals surface area contributed by atoms with E-state index >= 15 is 0 Å². The topological polar surface area (TPSA) is 3.24 Å². The lowest BCUT2D eigenvalue weighted by Crippen LogP contribution is -2.10. The van der Waals surface area contributed by atoms with Crippen molar-refractivity contribution < 1.29 is 0 Å². The van der Waals surface area contributed by atoms with E-state index in [1.807, 2.05) is 0 Å². The minimum atomic E-state index is 1.09. The number of benzene rings is 11. The van der Waals surface area contributed by atoms with Gasteiger partial charge in [-0.25, -0.2) is 0 Å². The standard InChI is InChI=1S/C58H39N/c1-3-19-42(20-4-1)57-55-32-12-11-31-53(55)54-36-35-48(39-56(54)58(57)43-21-5-2-6-22-43)59(46-27-13-25-44(37-46)51-33-15-23-40-17-7-9-29-49(40)51)47-28-14-26-45(38-47)52-34-16-24-41-18-8-10-30-50(41)52/h1-39H. The van der Waals surface area contributed by atoms with Crippen molar-refractivity contribution in [3.8, 4) is 44.5 Å². The zero-order valence-corrected chi connectivity index (χ0v) is 32.5. The number of hydrogen-bond donors (Lipinski definition) is 0. The molecule has 59 heavy (non-hydrogen) atoms. The van der Waals surface area contributed by atoms with Gasteiger partial charge >= 0.3 is 0 Å². The van der Waals surface area contributed by atoms with Crippen LogP contribution in [-0.2, 0) is 0 Å². The number of nitrogens with zero attached hydrogens (tertiary/aromatic N) is 1. The van der Waals surface area contributed by atoms with Crippen LogP contribution in [0.4, 0.5) is 17.1 Å². The van der Waals surface area contributed by atoms with Gasteiger partial charge < -0.3 is 4.90 Å². The van der Waals surface area contributed by atoms with Gasteiger partial charge in [-0.3, -0.25) is 0 Å². The lowest BCUT2D eigenvalue weighted by Gasteiger charge is -2.28. The van der Waals surface area contributed by atoms with Crippen LogP contribution in [0.5, 0.6) is 0 Å². The molecule has 11 rings (SSSR count). The van der Waals surface area contributed by atoms with E-state index in [0.29, 0.717) is 0 Å². The Morgan fingerprint density at radius 2 is 0.610 bits per heavy atom. The quantitative estimate of drug-likeness (QED) is 0.147. The van der Waals surface area contributed by atoms with Crippen LogP contribution in [-0.4, -0.2) is 0 Å². The molecule has 0 bridgehead atoms. The van der Waals surface area contributed by atoms with Crippen molar-refractivity contribution in [3.05, 3.63) is 237 Å². The fraction of sp³-hybridized carbons (Fsp3) is 0. The smallest absolute Gasteiger partial charge is 0.0468 e. The fourth-order valence-electron chi connectivity index (χ4n) is 9.15. The predicted molar refractivity (Wildman–Crippen MR) is 253 cm³/mol. The molecule has 0 saturated heterocycles. The molecule has 0 aliphatic carbocycles. The number of rotatable bonds is 7. The van der Waals surface area contributed by atoms with Crippen LogP contribution in [0.3, 0.4) is 0 Å². The van der Waals surface area contributed by atoms with Crippen molar-refractivity contribution in [2.75, 3.05) is 4.90 Å². The molecule has 11 aromatic rings. The largest absolute Gasteiger partial charge is 0.310 e. The molecular formula is C58H39N. The van der Waals surface area contributed by atoms with Gasteiger partial charge in [0.2, 0.25) is 0 Å². The molecule has 0 unspecified atom stereocenters. The van der Waals surface area contributed by atoms with Crippen molar-refractivity contribution >= 4 is 60.2 Å². The van der Waals surface area contributed by atoms with E-state index in [2.05, 4.69) is 241 Å². The molecule has 0 radical (unpaired) electrons. The van der Waals surface area contributed by atoms with E-state index in [1.54, 1.807) is 0 Å². The van der Waals surface area contributed by atoms with Gasteiger partial charge in [-0.1, -0.05) is 200 Å². The molecule has 1 heteroatoms. The van der Waals surface area contributed by atoms with Gasteiger partial charge in [0.05, 0.1) is 0 Å². The Morgan fingerprint density at radius 3 is 1.17 bits per heavy atom. The molecule has 0 fully saturated rings. The summed E-state index contributed by atoms with van der Waals surface area (Å²) in [6.07, 6.45) is 0. The summed E-state index contributed by atoms with van der Waals surface area (Å²) in [7, 11) is 0. The van der Waals surface area contributed by atoms with E-state index in [0.717, 1.165) is 17.1 Å². The third-order valence-corrected chi connectivity index (χ3v) is 11.8. The maximum absolute atomic E-state index is 2.44. The summed E-state index contributed by atoms with van der Waals surface area (Å²) in [5.74, 6) is 0. The van der Waals surface area contributed by atoms with Crippen molar-refractivity contribution in [3.63, 3.8) is 0 Å². The summed E-state index contributed by atoms with van der Waals surface area (Å²) in [6, 6.07) is 86.4. The first-order valence-corrected chi connectivity index (χ1v) is 20.3. The molecule has 1 nitrogen and oxygen atoms in total. The molecule has 276 valence electrons. The summed E-state index contributed by atoms with van der Waals surface area (Å²) in [4.78, 5) is 2.44. The Bertz CT molecular complexity index is 3190. The third-order valence-electron chi connectivity index (χ3n) is 11.8. The van der Waals surface area contributed by atoms with Crippen LogP contribution in [0, 0.1) is 0 Å². The zero-order valence-electron chi connectivity index (χ0n) is 32.5. The summed E-state index contributed by atoms with van der Waals surface area (Å²) >= 11 is 0. The lowest BCUT2D eigenvalue weighted by atomic mass is 9.85. The van der Waals surface area contributed by atoms with Crippen LogP contribution in [0.25, 0.3) is 87.6 Å². The summed E-state index contributed by atoms with van der Waals surface area (Å²) in [5.41, 5.74) is 13.0. The summed E-state index contributed by atoms with van der Waals surface area (Å²) < 4.78 is 0. The van der Waals surface area contributed by atoms with Crippen molar-refractivity contribution in [1.82, 2.24) is 0 Å². The number of fused-ring (bicyclic) bond motifs is 5. The first-order valence-electron chi connectivity index (χ1n) is 20.3. The number of anilines is 3. The van der Waals surface area contributed by atoms with Gasteiger partial charge in [0.15, 0.2) is 0 Å². The second-order valence-electron chi connectivity index (χ2n) is 15.2. The minimum Gasteiger partial charge on any atom is -0.310 e. The van der Waals surface area contributed by atoms with Gasteiger partial charge in [0.25, 0.3) is 0 Å². The second kappa shape index (κ2) is 14.6. The van der Waals surface area contributed by atoms with E-state index in [-0.39, 0.29) is 0 Å². The summed E-state index contributed by atoms with van der Waals surface area (Å²) in [5, 5.41) is 9.91. The first kappa shape index (κ1) is 34.5. The van der Waals surface area contributed by atoms with Gasteiger partial charge in [0, 0.05) is 17.1 Å². The van der Waals surface area contributed by atoms with Crippen molar-refractivity contribution in [1.29, 1.82) is 0 Å². The van der Waals surface area contributed by atoms with Gasteiger partial charge in [-0.2, -0.15) is 0 Å². The van der Waals surface area contributed by atoms with E-state index in [4.69, 9.17) is 0 Å². The minimum absolute atomic E-state index is 1.09. The molecule has 0 saturated carbocycles. The molecular weight excluding hydrogens is 711 g/mol.